The molecule has 1 aliphatic carbocycles. The number of aromatic nitrogens is 4. The number of nitrogens with one attached hydrogen (secondary N) is 2. The first-order valence-electron chi connectivity index (χ1n) is 12.5. The van der Waals surface area contributed by atoms with E-state index < -0.39 is 0 Å². The maximum Gasteiger partial charge on any atom is 0.223 e. The van der Waals surface area contributed by atoms with Gasteiger partial charge in [-0.2, -0.15) is 0 Å². The van der Waals surface area contributed by atoms with Crippen molar-refractivity contribution in [2.24, 2.45) is 5.92 Å². The van der Waals surface area contributed by atoms with Crippen LogP contribution in [-0.4, -0.2) is 45.0 Å². The second-order valence-electron chi connectivity index (χ2n) is 9.82. The number of carbonyl (C=O) groups excluding carboxylic acids is 1. The van der Waals surface area contributed by atoms with E-state index in [1.54, 1.807) is 19.2 Å². The SMILES string of the molecule is Cc1c(F)ccc2cc([C@H](C)Nc3ncnc4cccnc34)c(N3CCC(NC(=O)C4CC4)C3)nc12. The van der Waals surface area contributed by atoms with Crippen LogP contribution in [-0.2, 0) is 4.79 Å². The first-order chi connectivity index (χ1) is 17.5. The fraction of sp³-hybridized carbons (Fsp3) is 0.370. The Bertz CT molecular complexity index is 1470. The third-order valence-electron chi connectivity index (χ3n) is 7.18. The van der Waals surface area contributed by atoms with E-state index in [0.717, 1.165) is 48.1 Å². The van der Waals surface area contributed by atoms with Gasteiger partial charge in [0.15, 0.2) is 5.82 Å². The number of halogens is 1. The van der Waals surface area contributed by atoms with Crippen LogP contribution in [0.15, 0.2) is 42.9 Å². The smallest absolute Gasteiger partial charge is 0.223 e. The molecule has 1 saturated heterocycles. The molecule has 1 saturated carbocycles. The van der Waals surface area contributed by atoms with Crippen molar-refractivity contribution in [1.82, 2.24) is 25.3 Å². The van der Waals surface area contributed by atoms with E-state index in [4.69, 9.17) is 4.98 Å². The molecule has 2 aliphatic rings. The first kappa shape index (κ1) is 22.6. The highest BCUT2D eigenvalue weighted by Gasteiger charge is 2.34. The lowest BCUT2D eigenvalue weighted by atomic mass is 10.0. The Labute approximate surface area is 208 Å². The fourth-order valence-electron chi connectivity index (χ4n) is 4.95. The standard InChI is InChI=1S/C27H28FN7O/c1-15-21(28)8-7-18-12-20(16(2)32-25-24-22(30-14-31-25)4-3-10-29-24)26(34-23(15)18)35-11-9-19(13-35)33-27(36)17-5-6-17/h3-4,7-8,10,12,14,16-17,19H,5-6,9,11,13H2,1-2H3,(H,33,36)(H,30,31,32)/t16-,19?/m0/s1. The third-order valence-corrected chi connectivity index (χ3v) is 7.18. The van der Waals surface area contributed by atoms with Crippen molar-refractivity contribution in [2.75, 3.05) is 23.3 Å². The molecule has 0 spiro atoms. The monoisotopic (exact) mass is 485 g/mol. The van der Waals surface area contributed by atoms with Gasteiger partial charge in [-0.15, -0.1) is 0 Å². The van der Waals surface area contributed by atoms with E-state index in [2.05, 4.69) is 43.5 Å². The van der Waals surface area contributed by atoms with Gasteiger partial charge < -0.3 is 15.5 Å². The molecule has 8 nitrogen and oxygen atoms in total. The molecule has 1 aromatic carbocycles. The molecule has 0 bridgehead atoms. The molecular formula is C27H28FN7O. The van der Waals surface area contributed by atoms with Crippen LogP contribution in [0.25, 0.3) is 21.9 Å². The number of fused-ring (bicyclic) bond motifs is 2. The number of amides is 1. The summed E-state index contributed by atoms with van der Waals surface area (Å²) in [5.41, 5.74) is 3.62. The quantitative estimate of drug-likeness (QED) is 0.420. The Morgan fingerprint density at radius 2 is 2.00 bits per heavy atom. The van der Waals surface area contributed by atoms with Gasteiger partial charge in [0.25, 0.3) is 0 Å². The maximum atomic E-state index is 14.4. The van der Waals surface area contributed by atoms with Gasteiger partial charge in [0, 0.05) is 47.8 Å². The van der Waals surface area contributed by atoms with E-state index in [9.17, 15) is 9.18 Å². The van der Waals surface area contributed by atoms with E-state index in [1.165, 1.54) is 12.4 Å². The maximum absolute atomic E-state index is 14.4. The van der Waals surface area contributed by atoms with Crippen molar-refractivity contribution < 1.29 is 9.18 Å². The van der Waals surface area contributed by atoms with E-state index in [-0.39, 0.29) is 29.7 Å². The highest BCUT2D eigenvalue weighted by atomic mass is 19.1. The molecule has 6 rings (SSSR count). The molecule has 36 heavy (non-hydrogen) atoms. The molecule has 3 aromatic heterocycles. The number of carbonyl (C=O) groups is 1. The predicted octanol–water partition coefficient (Wildman–Crippen LogP) is 4.30. The minimum absolute atomic E-state index is 0.0790. The number of benzene rings is 1. The van der Waals surface area contributed by atoms with Crippen LogP contribution in [0.2, 0.25) is 0 Å². The number of nitrogens with zero attached hydrogens (tertiary/aromatic N) is 5. The fourth-order valence-corrected chi connectivity index (χ4v) is 4.95. The van der Waals surface area contributed by atoms with Gasteiger partial charge >= 0.3 is 0 Å². The number of anilines is 2. The van der Waals surface area contributed by atoms with Gasteiger partial charge in [-0.25, -0.2) is 19.3 Å². The van der Waals surface area contributed by atoms with Crippen molar-refractivity contribution in [3.63, 3.8) is 0 Å². The lowest BCUT2D eigenvalue weighted by Gasteiger charge is -2.26. The van der Waals surface area contributed by atoms with Crippen molar-refractivity contribution in [1.29, 1.82) is 0 Å². The molecule has 184 valence electrons. The average Bonchev–Trinajstić information content (AvgIpc) is 3.65. The zero-order valence-corrected chi connectivity index (χ0v) is 20.3. The summed E-state index contributed by atoms with van der Waals surface area (Å²) in [6, 6.07) is 9.01. The Hall–Kier alpha value is -3.88. The summed E-state index contributed by atoms with van der Waals surface area (Å²) in [6.45, 7) is 5.25. The van der Waals surface area contributed by atoms with Crippen LogP contribution < -0.4 is 15.5 Å². The molecular weight excluding hydrogens is 457 g/mol. The number of hydrogen-bond acceptors (Lipinski definition) is 7. The highest BCUT2D eigenvalue weighted by Crippen LogP contribution is 2.35. The molecule has 2 fully saturated rings. The van der Waals surface area contributed by atoms with Crippen LogP contribution in [0.5, 0.6) is 0 Å². The average molecular weight is 486 g/mol. The minimum atomic E-state index is -0.269. The van der Waals surface area contributed by atoms with Gasteiger partial charge in [-0.05, 0) is 63.4 Å². The third kappa shape index (κ3) is 4.19. The number of hydrogen-bond donors (Lipinski definition) is 2. The van der Waals surface area contributed by atoms with E-state index in [0.29, 0.717) is 29.0 Å². The Morgan fingerprint density at radius 3 is 2.83 bits per heavy atom. The molecule has 1 amide bonds. The number of aryl methyl sites for hydroxylation is 1. The molecule has 2 atom stereocenters. The molecule has 4 aromatic rings. The van der Waals surface area contributed by atoms with Crippen molar-refractivity contribution in [2.45, 2.75) is 45.2 Å². The summed E-state index contributed by atoms with van der Waals surface area (Å²) >= 11 is 0. The van der Waals surface area contributed by atoms with Crippen molar-refractivity contribution in [3.8, 4) is 0 Å². The Kier molecular flexibility index (Phi) is 5.62. The van der Waals surface area contributed by atoms with Gasteiger partial charge in [0.2, 0.25) is 5.91 Å². The molecule has 0 radical (unpaired) electrons. The summed E-state index contributed by atoms with van der Waals surface area (Å²) in [5.74, 6) is 1.51. The zero-order valence-electron chi connectivity index (χ0n) is 20.3. The van der Waals surface area contributed by atoms with E-state index >= 15 is 0 Å². The van der Waals surface area contributed by atoms with Crippen LogP contribution in [0.3, 0.4) is 0 Å². The Balaban J connectivity index is 1.36. The second-order valence-corrected chi connectivity index (χ2v) is 9.82. The summed E-state index contributed by atoms with van der Waals surface area (Å²) < 4.78 is 14.4. The molecule has 1 unspecified atom stereocenters. The first-order valence-corrected chi connectivity index (χ1v) is 12.5. The van der Waals surface area contributed by atoms with Crippen molar-refractivity contribution in [3.05, 3.63) is 59.8 Å². The van der Waals surface area contributed by atoms with Gasteiger partial charge in [0.1, 0.15) is 23.5 Å². The minimum Gasteiger partial charge on any atom is -0.361 e. The lowest BCUT2D eigenvalue weighted by molar-refractivity contribution is -0.122. The summed E-state index contributed by atoms with van der Waals surface area (Å²) in [7, 11) is 0. The molecule has 9 heteroatoms. The lowest BCUT2D eigenvalue weighted by Crippen LogP contribution is -2.38. The molecule has 2 N–H and O–H groups in total. The normalized spacial score (nSPS) is 18.5. The predicted molar refractivity (Wildman–Crippen MR) is 137 cm³/mol. The van der Waals surface area contributed by atoms with Crippen LogP contribution >= 0.6 is 0 Å². The summed E-state index contributed by atoms with van der Waals surface area (Å²) in [5, 5.41) is 7.58. The zero-order chi connectivity index (χ0) is 24.8. The number of pyridine rings is 2. The summed E-state index contributed by atoms with van der Waals surface area (Å²) in [6.07, 6.45) is 6.07. The molecule has 4 heterocycles. The van der Waals surface area contributed by atoms with Crippen LogP contribution in [0.4, 0.5) is 16.0 Å². The van der Waals surface area contributed by atoms with Gasteiger partial charge in [0.05, 0.1) is 17.1 Å². The largest absolute Gasteiger partial charge is 0.361 e. The Morgan fingerprint density at radius 1 is 1.14 bits per heavy atom. The molecule has 1 aliphatic heterocycles. The van der Waals surface area contributed by atoms with Gasteiger partial charge in [-0.1, -0.05) is 0 Å². The highest BCUT2D eigenvalue weighted by molar-refractivity contribution is 5.87. The van der Waals surface area contributed by atoms with E-state index in [1.807, 2.05) is 12.1 Å². The van der Waals surface area contributed by atoms with Crippen LogP contribution in [0.1, 0.15) is 43.4 Å². The van der Waals surface area contributed by atoms with Gasteiger partial charge in [-0.3, -0.25) is 9.78 Å². The van der Waals surface area contributed by atoms with Crippen LogP contribution in [0, 0.1) is 18.7 Å². The summed E-state index contributed by atoms with van der Waals surface area (Å²) in [4.78, 5) is 32.7. The second kappa shape index (κ2) is 8.96. The number of rotatable bonds is 6. The topological polar surface area (TPSA) is 95.9 Å². The van der Waals surface area contributed by atoms with Crippen molar-refractivity contribution >= 4 is 39.5 Å².